The van der Waals surface area contributed by atoms with E-state index in [9.17, 15) is 9.59 Å². The highest BCUT2D eigenvalue weighted by Crippen LogP contribution is 1.84. The Morgan fingerprint density at radius 2 is 2.00 bits per heavy atom. The summed E-state index contributed by atoms with van der Waals surface area (Å²) in [5.74, 6) is 4.02. The molecule has 0 spiro atoms. The number of rotatable bonds is 2. The molecule has 0 aromatic rings. The van der Waals surface area contributed by atoms with Crippen LogP contribution in [0.25, 0.3) is 0 Å². The molecule has 0 aromatic heterocycles. The molecule has 0 radical (unpaired) electrons. The molecule has 0 atom stereocenters. The number of carbonyl (C=O) groups is 2. The standard InChI is InChI=1S/C5H11N3O2/c1-8(2)5(10)3-4(9)7-6/h3,6H2,1-2H3,(H,7,9). The van der Waals surface area contributed by atoms with Gasteiger partial charge in [-0.3, -0.25) is 15.0 Å². The molecule has 0 aliphatic carbocycles. The highest BCUT2D eigenvalue weighted by atomic mass is 16.2. The zero-order valence-corrected chi connectivity index (χ0v) is 6.05. The van der Waals surface area contributed by atoms with Crippen molar-refractivity contribution in [2.45, 2.75) is 6.42 Å². The van der Waals surface area contributed by atoms with Gasteiger partial charge in [0.15, 0.2) is 0 Å². The number of hydrogen-bond donors (Lipinski definition) is 2. The van der Waals surface area contributed by atoms with E-state index in [4.69, 9.17) is 5.84 Å². The third kappa shape index (κ3) is 3.03. The molecule has 0 fully saturated rings. The van der Waals surface area contributed by atoms with Crippen LogP contribution >= 0.6 is 0 Å². The maximum Gasteiger partial charge on any atom is 0.243 e. The number of hydrazine groups is 1. The molecular weight excluding hydrogens is 134 g/mol. The van der Waals surface area contributed by atoms with Gasteiger partial charge < -0.3 is 4.90 Å². The Balaban J connectivity index is 3.69. The smallest absolute Gasteiger partial charge is 0.243 e. The van der Waals surface area contributed by atoms with Crippen molar-refractivity contribution in [2.75, 3.05) is 14.1 Å². The predicted octanol–water partition coefficient (Wildman–Crippen LogP) is -1.55. The maximum atomic E-state index is 10.7. The SMILES string of the molecule is CN(C)C(=O)CC(=O)NN. The van der Waals surface area contributed by atoms with E-state index in [0.29, 0.717) is 0 Å². The molecule has 10 heavy (non-hydrogen) atoms. The van der Waals surface area contributed by atoms with Crippen LogP contribution in [0, 0.1) is 0 Å². The molecule has 5 heteroatoms. The summed E-state index contributed by atoms with van der Waals surface area (Å²) >= 11 is 0. The average Bonchev–Trinajstić information content (AvgIpc) is 1.87. The Bertz CT molecular complexity index is 144. The topological polar surface area (TPSA) is 75.4 Å². The lowest BCUT2D eigenvalue weighted by atomic mass is 10.4. The van der Waals surface area contributed by atoms with Gasteiger partial charge >= 0.3 is 0 Å². The van der Waals surface area contributed by atoms with E-state index in [1.54, 1.807) is 14.1 Å². The first-order valence-corrected chi connectivity index (χ1v) is 2.77. The fourth-order valence-electron chi connectivity index (χ4n) is 0.346. The van der Waals surface area contributed by atoms with Crippen LogP contribution in [-0.2, 0) is 9.59 Å². The average molecular weight is 145 g/mol. The van der Waals surface area contributed by atoms with Crippen molar-refractivity contribution in [2.24, 2.45) is 5.84 Å². The Kier molecular flexibility index (Phi) is 3.42. The first-order valence-electron chi connectivity index (χ1n) is 2.77. The Morgan fingerprint density at radius 1 is 1.50 bits per heavy atom. The molecule has 3 N–H and O–H groups in total. The van der Waals surface area contributed by atoms with Gasteiger partial charge in [-0.2, -0.15) is 0 Å². The lowest BCUT2D eigenvalue weighted by molar-refractivity contribution is -0.134. The van der Waals surface area contributed by atoms with Gasteiger partial charge in [0.05, 0.1) is 0 Å². The number of nitrogens with zero attached hydrogens (tertiary/aromatic N) is 1. The van der Waals surface area contributed by atoms with E-state index >= 15 is 0 Å². The minimum Gasteiger partial charge on any atom is -0.348 e. The second-order valence-corrected chi connectivity index (χ2v) is 2.03. The molecule has 0 saturated carbocycles. The van der Waals surface area contributed by atoms with Crippen LogP contribution in [-0.4, -0.2) is 30.8 Å². The van der Waals surface area contributed by atoms with E-state index in [0.717, 1.165) is 0 Å². The van der Waals surface area contributed by atoms with Crippen molar-refractivity contribution in [1.82, 2.24) is 10.3 Å². The molecule has 0 bridgehead atoms. The van der Waals surface area contributed by atoms with Crippen LogP contribution in [0.4, 0.5) is 0 Å². The van der Waals surface area contributed by atoms with Gasteiger partial charge in [0.2, 0.25) is 11.8 Å². The Labute approximate surface area is 59.1 Å². The van der Waals surface area contributed by atoms with Crippen LogP contribution in [0.3, 0.4) is 0 Å². The monoisotopic (exact) mass is 145 g/mol. The van der Waals surface area contributed by atoms with Gasteiger partial charge in [-0.05, 0) is 0 Å². The minimum absolute atomic E-state index is 0.191. The molecule has 0 aliphatic rings. The molecule has 0 rings (SSSR count). The zero-order chi connectivity index (χ0) is 8.15. The minimum atomic E-state index is -0.473. The third-order valence-corrected chi connectivity index (χ3v) is 0.972. The van der Waals surface area contributed by atoms with Crippen molar-refractivity contribution in [3.8, 4) is 0 Å². The van der Waals surface area contributed by atoms with E-state index < -0.39 is 5.91 Å². The Hall–Kier alpha value is -1.10. The van der Waals surface area contributed by atoms with Gasteiger partial charge in [0.25, 0.3) is 0 Å². The fraction of sp³-hybridized carbons (Fsp3) is 0.600. The number of carbonyl (C=O) groups excluding carboxylic acids is 2. The van der Waals surface area contributed by atoms with Gasteiger partial charge in [0.1, 0.15) is 6.42 Å². The lowest BCUT2D eigenvalue weighted by Crippen LogP contribution is -2.35. The molecule has 5 nitrogen and oxygen atoms in total. The van der Waals surface area contributed by atoms with E-state index in [2.05, 4.69) is 0 Å². The quantitative estimate of drug-likeness (QED) is 0.214. The van der Waals surface area contributed by atoms with Crippen molar-refractivity contribution >= 4 is 11.8 Å². The predicted molar refractivity (Wildman–Crippen MR) is 35.6 cm³/mol. The molecule has 0 aromatic carbocycles. The van der Waals surface area contributed by atoms with Crippen LogP contribution in [0.2, 0.25) is 0 Å². The molecule has 0 aliphatic heterocycles. The fourth-order valence-corrected chi connectivity index (χ4v) is 0.346. The summed E-state index contributed by atoms with van der Waals surface area (Å²) in [5, 5.41) is 0. The number of nitrogens with two attached hydrogens (primary N) is 1. The molecule has 2 amide bonds. The molecule has 0 saturated heterocycles. The van der Waals surface area contributed by atoms with Crippen LogP contribution in [0.15, 0.2) is 0 Å². The van der Waals surface area contributed by atoms with Gasteiger partial charge in [-0.15, -0.1) is 0 Å². The van der Waals surface area contributed by atoms with Gasteiger partial charge in [-0.25, -0.2) is 5.84 Å². The first kappa shape index (κ1) is 8.90. The highest BCUT2D eigenvalue weighted by molar-refractivity contribution is 5.96. The summed E-state index contributed by atoms with van der Waals surface area (Å²) < 4.78 is 0. The van der Waals surface area contributed by atoms with Gasteiger partial charge in [0, 0.05) is 14.1 Å². The van der Waals surface area contributed by atoms with Crippen LogP contribution in [0.5, 0.6) is 0 Å². The molecule has 58 valence electrons. The largest absolute Gasteiger partial charge is 0.348 e. The lowest BCUT2D eigenvalue weighted by Gasteiger charge is -2.08. The van der Waals surface area contributed by atoms with E-state index in [1.807, 2.05) is 5.43 Å². The maximum absolute atomic E-state index is 10.7. The van der Waals surface area contributed by atoms with Crippen molar-refractivity contribution in [3.63, 3.8) is 0 Å². The Morgan fingerprint density at radius 3 is 2.30 bits per heavy atom. The first-order chi connectivity index (χ1) is 4.57. The van der Waals surface area contributed by atoms with E-state index in [1.165, 1.54) is 4.90 Å². The zero-order valence-electron chi connectivity index (χ0n) is 6.05. The number of nitrogens with one attached hydrogen (secondary N) is 1. The third-order valence-electron chi connectivity index (χ3n) is 0.972. The van der Waals surface area contributed by atoms with Crippen LogP contribution in [0.1, 0.15) is 6.42 Å². The van der Waals surface area contributed by atoms with E-state index in [-0.39, 0.29) is 12.3 Å². The molecule has 0 unspecified atom stereocenters. The van der Waals surface area contributed by atoms with Crippen molar-refractivity contribution < 1.29 is 9.59 Å². The summed E-state index contributed by atoms with van der Waals surface area (Å²) in [6, 6.07) is 0. The summed E-state index contributed by atoms with van der Waals surface area (Å²) in [5.41, 5.74) is 1.86. The van der Waals surface area contributed by atoms with Gasteiger partial charge in [-0.1, -0.05) is 0 Å². The highest BCUT2D eigenvalue weighted by Gasteiger charge is 2.08. The normalized spacial score (nSPS) is 8.70. The summed E-state index contributed by atoms with van der Waals surface area (Å²) in [4.78, 5) is 22.5. The van der Waals surface area contributed by atoms with Crippen molar-refractivity contribution in [1.29, 1.82) is 0 Å². The van der Waals surface area contributed by atoms with Crippen LogP contribution < -0.4 is 11.3 Å². The summed E-state index contributed by atoms with van der Waals surface area (Å²) in [6.07, 6.45) is -0.191. The summed E-state index contributed by atoms with van der Waals surface area (Å²) in [7, 11) is 3.15. The number of amides is 2. The summed E-state index contributed by atoms with van der Waals surface area (Å²) in [6.45, 7) is 0. The molecular formula is C5H11N3O2. The second kappa shape index (κ2) is 3.84. The van der Waals surface area contributed by atoms with Crippen molar-refractivity contribution in [3.05, 3.63) is 0 Å². The molecule has 0 heterocycles. The second-order valence-electron chi connectivity index (χ2n) is 2.03. The number of hydrogen-bond acceptors (Lipinski definition) is 3.